The van der Waals surface area contributed by atoms with Gasteiger partial charge in [-0.3, -0.25) is 18.6 Å². The number of carbonyl (C=O) groups excluding carboxylic acids is 2. The van der Waals surface area contributed by atoms with Crippen molar-refractivity contribution in [2.45, 2.75) is 135 Å². The van der Waals surface area contributed by atoms with Crippen LogP contribution in [0.3, 0.4) is 0 Å². The molecule has 0 rings (SSSR count). The minimum absolute atomic E-state index is 0.0221. The Bertz CT molecular complexity index is 1450. The molecule has 0 aliphatic carbocycles. The van der Waals surface area contributed by atoms with E-state index in [0.717, 1.165) is 70.6 Å². The SMILES string of the molecule is CC/C=C\C/C=C\C/C=C\C/C=C\C/C=C\CCCCCC(=O)OC[C@H](COP(=O)(O)OCCN)OC(=O)CC/C=C\C/C=C\C/C=C\C/C=C/C=C/C(O)C/C=C\CC. The zero-order chi connectivity index (χ0) is 44.0. The average Bonchev–Trinajstić information content (AvgIpc) is 3.23. The van der Waals surface area contributed by atoms with Gasteiger partial charge in [0.15, 0.2) is 6.10 Å². The largest absolute Gasteiger partial charge is 0.472 e. The third-order valence-corrected chi connectivity index (χ3v) is 9.11. The molecule has 0 aliphatic rings. The minimum atomic E-state index is -4.43. The average molecular weight is 854 g/mol. The molecular formula is C49H76NO9P. The number of aliphatic hydroxyl groups excluding tert-OH is 1. The van der Waals surface area contributed by atoms with Crippen LogP contribution in [0.4, 0.5) is 0 Å². The first kappa shape index (κ1) is 56.1. The highest BCUT2D eigenvalue weighted by Crippen LogP contribution is 2.43. The van der Waals surface area contributed by atoms with Crippen molar-refractivity contribution in [1.29, 1.82) is 0 Å². The number of unbranched alkanes of at least 4 members (excludes halogenated alkanes) is 3. The molecular weight excluding hydrogens is 778 g/mol. The number of hydrogen-bond acceptors (Lipinski definition) is 9. The Labute approximate surface area is 362 Å². The summed E-state index contributed by atoms with van der Waals surface area (Å²) >= 11 is 0. The van der Waals surface area contributed by atoms with Crippen LogP contribution in [0.1, 0.15) is 123 Å². The van der Waals surface area contributed by atoms with Crippen molar-refractivity contribution in [3.05, 3.63) is 134 Å². The van der Waals surface area contributed by atoms with Crippen molar-refractivity contribution in [3.63, 3.8) is 0 Å². The standard InChI is InChI=1S/C49H76NO9P/c1-3-5-7-8-9-10-11-12-13-14-15-16-17-20-23-26-29-32-36-40-48(52)56-44-47(45-58-60(54,55)57-43-42-50)59-49(53)41-37-33-30-27-24-21-18-19-22-25-28-31-35-39-46(51)38-34-6-4-2/h5-7,9-10,12-13,15-16,19-24,28,30-31,33-35,39,46-47,51H,3-4,8,11,14,17-18,25-27,29,32,36-38,40-45,50H2,1-2H3,(H,54,55)/b7-5-,10-9-,13-12-,16-15-,22-19-,23-20-,24-21-,31-28+,33-30-,34-6-,39-35+/t46?,47-/m1/s1. The van der Waals surface area contributed by atoms with Crippen LogP contribution in [0, 0.1) is 0 Å². The van der Waals surface area contributed by atoms with Gasteiger partial charge >= 0.3 is 19.8 Å². The summed E-state index contributed by atoms with van der Waals surface area (Å²) in [5.74, 6) is -1.00. The maximum atomic E-state index is 12.6. The lowest BCUT2D eigenvalue weighted by Gasteiger charge is -2.19. The van der Waals surface area contributed by atoms with Gasteiger partial charge in [0, 0.05) is 19.4 Å². The second kappa shape index (κ2) is 43.2. The lowest BCUT2D eigenvalue weighted by Crippen LogP contribution is -2.29. The summed E-state index contributed by atoms with van der Waals surface area (Å²) in [4.78, 5) is 34.9. The van der Waals surface area contributed by atoms with Gasteiger partial charge in [-0.05, 0) is 89.9 Å². The predicted octanol–water partition coefficient (Wildman–Crippen LogP) is 11.7. The maximum Gasteiger partial charge on any atom is 0.472 e. The Balaban J connectivity index is 4.41. The minimum Gasteiger partial charge on any atom is -0.462 e. The van der Waals surface area contributed by atoms with Crippen LogP contribution in [0.15, 0.2) is 134 Å². The van der Waals surface area contributed by atoms with Crippen molar-refractivity contribution >= 4 is 19.8 Å². The highest BCUT2D eigenvalue weighted by atomic mass is 31.2. The second-order valence-corrected chi connectivity index (χ2v) is 15.1. The fourth-order valence-corrected chi connectivity index (χ4v) is 5.71. The van der Waals surface area contributed by atoms with Crippen LogP contribution >= 0.6 is 7.82 Å². The summed E-state index contributed by atoms with van der Waals surface area (Å²) < 4.78 is 32.6. The lowest BCUT2D eigenvalue weighted by atomic mass is 10.1. The Kier molecular flexibility index (Phi) is 40.4. The summed E-state index contributed by atoms with van der Waals surface area (Å²) in [5.41, 5.74) is 5.34. The highest BCUT2D eigenvalue weighted by molar-refractivity contribution is 7.47. The number of allylic oxidation sites excluding steroid dienone is 20. The first-order chi connectivity index (χ1) is 29.2. The molecule has 0 aromatic carbocycles. The van der Waals surface area contributed by atoms with Crippen molar-refractivity contribution in [2.24, 2.45) is 5.73 Å². The van der Waals surface area contributed by atoms with Crippen LogP contribution in [0.2, 0.25) is 0 Å². The number of aliphatic hydroxyl groups is 1. The van der Waals surface area contributed by atoms with Crippen molar-refractivity contribution < 1.29 is 42.7 Å². The molecule has 0 amide bonds. The molecule has 336 valence electrons. The van der Waals surface area contributed by atoms with Crippen LogP contribution in [-0.4, -0.2) is 60.5 Å². The molecule has 0 radical (unpaired) electrons. The summed E-state index contributed by atoms with van der Waals surface area (Å²) in [5, 5.41) is 9.84. The number of carbonyl (C=O) groups is 2. The molecule has 0 saturated heterocycles. The fraction of sp³-hybridized carbons (Fsp3) is 0.510. The molecule has 2 unspecified atom stereocenters. The third kappa shape index (κ3) is 42.2. The number of phosphoric acid groups is 1. The molecule has 10 nitrogen and oxygen atoms in total. The Morgan fingerprint density at radius 2 is 1.10 bits per heavy atom. The van der Waals surface area contributed by atoms with E-state index < -0.39 is 38.6 Å². The lowest BCUT2D eigenvalue weighted by molar-refractivity contribution is -0.161. The fourth-order valence-electron chi connectivity index (χ4n) is 4.94. The Hall–Kier alpha value is -3.89. The van der Waals surface area contributed by atoms with Gasteiger partial charge in [0.2, 0.25) is 0 Å². The molecule has 3 atom stereocenters. The van der Waals surface area contributed by atoms with Crippen LogP contribution in [-0.2, 0) is 32.7 Å². The van der Waals surface area contributed by atoms with Gasteiger partial charge < -0.3 is 25.2 Å². The zero-order valence-corrected chi connectivity index (χ0v) is 37.4. The first-order valence-corrected chi connectivity index (χ1v) is 23.3. The van der Waals surface area contributed by atoms with Gasteiger partial charge in [-0.15, -0.1) is 0 Å². The third-order valence-electron chi connectivity index (χ3n) is 8.13. The number of esters is 2. The molecule has 0 aromatic heterocycles. The van der Waals surface area contributed by atoms with E-state index in [1.54, 1.807) is 6.08 Å². The van der Waals surface area contributed by atoms with Gasteiger partial charge in [-0.1, -0.05) is 154 Å². The van der Waals surface area contributed by atoms with E-state index in [0.29, 0.717) is 25.7 Å². The van der Waals surface area contributed by atoms with Crippen LogP contribution < -0.4 is 5.73 Å². The monoisotopic (exact) mass is 854 g/mol. The molecule has 0 aromatic rings. The number of ether oxygens (including phenoxy) is 2. The van der Waals surface area contributed by atoms with E-state index in [4.69, 9.17) is 24.3 Å². The molecule has 0 saturated carbocycles. The molecule has 11 heteroatoms. The van der Waals surface area contributed by atoms with Crippen LogP contribution in [0.25, 0.3) is 0 Å². The highest BCUT2D eigenvalue weighted by Gasteiger charge is 2.25. The van der Waals surface area contributed by atoms with Crippen LogP contribution in [0.5, 0.6) is 0 Å². The van der Waals surface area contributed by atoms with E-state index in [-0.39, 0.29) is 32.6 Å². The molecule has 0 aliphatic heterocycles. The quantitative estimate of drug-likeness (QED) is 0.0180. The first-order valence-electron chi connectivity index (χ1n) is 21.8. The maximum absolute atomic E-state index is 12.6. The molecule has 4 N–H and O–H groups in total. The molecule has 60 heavy (non-hydrogen) atoms. The molecule has 0 heterocycles. The summed E-state index contributed by atoms with van der Waals surface area (Å²) in [6, 6.07) is 0. The van der Waals surface area contributed by atoms with Crippen molar-refractivity contribution in [3.8, 4) is 0 Å². The second-order valence-electron chi connectivity index (χ2n) is 13.6. The summed E-state index contributed by atoms with van der Waals surface area (Å²) in [6.45, 7) is 3.23. The van der Waals surface area contributed by atoms with Gasteiger partial charge in [0.25, 0.3) is 0 Å². The topological polar surface area (TPSA) is 155 Å². The van der Waals surface area contributed by atoms with E-state index in [9.17, 15) is 24.2 Å². The van der Waals surface area contributed by atoms with E-state index in [1.807, 2.05) is 48.6 Å². The van der Waals surface area contributed by atoms with Gasteiger partial charge in [-0.25, -0.2) is 4.57 Å². The summed E-state index contributed by atoms with van der Waals surface area (Å²) in [6.07, 6.45) is 56.8. The molecule has 0 spiro atoms. The molecule has 0 fully saturated rings. The van der Waals surface area contributed by atoms with Crippen molar-refractivity contribution in [2.75, 3.05) is 26.4 Å². The Morgan fingerprint density at radius 3 is 1.67 bits per heavy atom. The van der Waals surface area contributed by atoms with E-state index in [1.165, 1.54) is 0 Å². The van der Waals surface area contributed by atoms with Gasteiger partial charge in [-0.2, -0.15) is 0 Å². The van der Waals surface area contributed by atoms with Gasteiger partial charge in [0.05, 0.1) is 19.3 Å². The van der Waals surface area contributed by atoms with E-state index >= 15 is 0 Å². The number of phosphoric ester groups is 1. The van der Waals surface area contributed by atoms with Crippen molar-refractivity contribution in [1.82, 2.24) is 0 Å². The number of hydrogen-bond donors (Lipinski definition) is 3. The number of nitrogens with two attached hydrogens (primary N) is 1. The summed E-state index contributed by atoms with van der Waals surface area (Å²) in [7, 11) is -4.43. The predicted molar refractivity (Wildman–Crippen MR) is 248 cm³/mol. The van der Waals surface area contributed by atoms with Gasteiger partial charge in [0.1, 0.15) is 6.61 Å². The van der Waals surface area contributed by atoms with E-state index in [2.05, 4.69) is 92.8 Å². The number of rotatable bonds is 38. The Morgan fingerprint density at radius 1 is 0.583 bits per heavy atom. The smallest absolute Gasteiger partial charge is 0.462 e. The zero-order valence-electron chi connectivity index (χ0n) is 36.5. The normalized spacial score (nSPS) is 15.1. The molecule has 0 bridgehead atoms.